The zero-order valence-electron chi connectivity index (χ0n) is 12.8. The predicted molar refractivity (Wildman–Crippen MR) is 91.1 cm³/mol. The van der Waals surface area contributed by atoms with E-state index in [1.165, 1.54) is 12.8 Å². The first-order valence-electron chi connectivity index (χ1n) is 7.35. The number of hydrogen-bond donors (Lipinski definition) is 1. The number of rotatable bonds is 11. The molecule has 0 heterocycles. The van der Waals surface area contributed by atoms with E-state index in [1.54, 1.807) is 31.0 Å². The first-order valence-corrected chi connectivity index (χ1v) is 8.34. The Balaban J connectivity index is 2.23. The summed E-state index contributed by atoms with van der Waals surface area (Å²) in [6, 6.07) is 7.23. The minimum absolute atomic E-state index is 0.131. The van der Waals surface area contributed by atoms with Crippen LogP contribution in [0.25, 0.3) is 0 Å². The van der Waals surface area contributed by atoms with E-state index in [-0.39, 0.29) is 5.78 Å². The number of thioether (sulfide) groups is 1. The van der Waals surface area contributed by atoms with E-state index in [1.807, 2.05) is 12.1 Å². The number of unbranched alkanes of at least 4 members (excludes halogenated alkanes) is 3. The van der Waals surface area contributed by atoms with Crippen LogP contribution >= 0.6 is 11.8 Å². The average Bonchev–Trinajstić information content (AvgIpc) is 2.52. The van der Waals surface area contributed by atoms with E-state index in [2.05, 4.69) is 6.58 Å². The highest BCUT2D eigenvalue weighted by atomic mass is 32.2. The van der Waals surface area contributed by atoms with Gasteiger partial charge in [0.25, 0.3) is 0 Å². The number of nitrogens with two attached hydrogens (primary N) is 1. The third-order valence-corrected chi connectivity index (χ3v) is 4.25. The van der Waals surface area contributed by atoms with Gasteiger partial charge >= 0.3 is 0 Å². The number of methoxy groups -OCH3 is 1. The number of carbonyl (C=O) groups is 1. The zero-order chi connectivity index (χ0) is 15.5. The van der Waals surface area contributed by atoms with Gasteiger partial charge in [0.1, 0.15) is 5.75 Å². The van der Waals surface area contributed by atoms with Crippen molar-refractivity contribution in [3.63, 3.8) is 0 Å². The van der Waals surface area contributed by atoms with Crippen LogP contribution in [-0.2, 0) is 0 Å². The molecule has 0 saturated carbocycles. The molecule has 0 radical (unpaired) electrons. The van der Waals surface area contributed by atoms with Gasteiger partial charge < -0.3 is 10.5 Å². The monoisotopic (exact) mass is 307 g/mol. The molecule has 0 aliphatic carbocycles. The molecular weight excluding hydrogens is 282 g/mol. The lowest BCUT2D eigenvalue weighted by Crippen LogP contribution is -2.02. The summed E-state index contributed by atoms with van der Waals surface area (Å²) in [6.45, 7) is 4.80. The number of Topliss-reactive ketones (excluding diaryl/α,β-unsaturated/α-hetero) is 1. The smallest absolute Gasteiger partial charge is 0.173 e. The Morgan fingerprint density at radius 2 is 1.86 bits per heavy atom. The molecule has 0 amide bonds. The molecule has 3 nitrogen and oxygen atoms in total. The van der Waals surface area contributed by atoms with Crippen molar-refractivity contribution >= 4 is 17.5 Å². The molecule has 0 atom stereocenters. The number of ketones is 1. The fraction of sp³-hybridized carbons (Fsp3) is 0.471. The highest BCUT2D eigenvalue weighted by Gasteiger charge is 2.07. The van der Waals surface area contributed by atoms with E-state index in [4.69, 9.17) is 10.5 Å². The summed E-state index contributed by atoms with van der Waals surface area (Å²) in [5.41, 5.74) is 6.18. The minimum Gasteiger partial charge on any atom is -0.497 e. The van der Waals surface area contributed by atoms with Crippen molar-refractivity contribution in [2.24, 2.45) is 5.73 Å². The second kappa shape index (κ2) is 10.5. The van der Waals surface area contributed by atoms with Gasteiger partial charge in [0.15, 0.2) is 5.78 Å². The quantitative estimate of drug-likeness (QED) is 0.495. The zero-order valence-corrected chi connectivity index (χ0v) is 13.6. The Labute approximate surface area is 131 Å². The largest absolute Gasteiger partial charge is 0.497 e. The molecule has 1 aromatic carbocycles. The summed E-state index contributed by atoms with van der Waals surface area (Å²) in [4.78, 5) is 13.1. The Bertz CT molecular complexity index is 443. The van der Waals surface area contributed by atoms with Crippen molar-refractivity contribution in [3.8, 4) is 5.75 Å². The van der Waals surface area contributed by atoms with Crippen LogP contribution in [0.3, 0.4) is 0 Å². The molecule has 0 aliphatic rings. The summed E-state index contributed by atoms with van der Waals surface area (Å²) in [7, 11) is 1.62. The Morgan fingerprint density at radius 1 is 1.19 bits per heavy atom. The average molecular weight is 307 g/mol. The molecule has 21 heavy (non-hydrogen) atoms. The lowest BCUT2D eigenvalue weighted by atomic mass is 10.1. The Morgan fingerprint density at radius 3 is 2.48 bits per heavy atom. The summed E-state index contributed by atoms with van der Waals surface area (Å²) < 4.78 is 5.08. The first-order chi connectivity index (χ1) is 10.2. The summed E-state index contributed by atoms with van der Waals surface area (Å²) in [6.07, 6.45) is 5.56. The minimum atomic E-state index is 0.131. The molecule has 1 aromatic rings. The molecule has 0 bridgehead atoms. The van der Waals surface area contributed by atoms with Crippen molar-refractivity contribution in [1.82, 2.24) is 0 Å². The second-order valence-corrected chi connectivity index (χ2v) is 6.09. The van der Waals surface area contributed by atoms with Gasteiger partial charge in [0.2, 0.25) is 0 Å². The molecule has 2 N–H and O–H groups in total. The third kappa shape index (κ3) is 7.34. The maximum absolute atomic E-state index is 12.0. The lowest BCUT2D eigenvalue weighted by Gasteiger charge is -2.06. The van der Waals surface area contributed by atoms with Gasteiger partial charge in [-0.05, 0) is 55.0 Å². The fourth-order valence-electron chi connectivity index (χ4n) is 1.92. The fourth-order valence-corrected chi connectivity index (χ4v) is 2.71. The molecule has 0 saturated heterocycles. The molecule has 1 rings (SSSR count). The predicted octanol–water partition coefficient (Wildman–Crippen LogP) is 4.03. The van der Waals surface area contributed by atoms with Gasteiger partial charge in [0, 0.05) is 5.56 Å². The number of ether oxygens (including phenoxy) is 1. The molecule has 0 fully saturated rings. The lowest BCUT2D eigenvalue weighted by molar-refractivity contribution is 0.102. The molecule has 0 aliphatic heterocycles. The van der Waals surface area contributed by atoms with Gasteiger partial charge in [-0.3, -0.25) is 4.79 Å². The maximum atomic E-state index is 12.0. The van der Waals surface area contributed by atoms with Gasteiger partial charge in [-0.15, -0.1) is 11.8 Å². The van der Waals surface area contributed by atoms with Crippen molar-refractivity contribution in [3.05, 3.63) is 41.3 Å². The number of benzene rings is 1. The van der Waals surface area contributed by atoms with Crippen molar-refractivity contribution < 1.29 is 9.53 Å². The summed E-state index contributed by atoms with van der Waals surface area (Å²) >= 11 is 1.55. The van der Waals surface area contributed by atoms with Crippen molar-refractivity contribution in [2.75, 3.05) is 19.4 Å². The summed E-state index contributed by atoms with van der Waals surface area (Å²) in [5, 5.41) is 0. The van der Waals surface area contributed by atoms with Crippen LogP contribution in [0.1, 0.15) is 42.5 Å². The van der Waals surface area contributed by atoms with Gasteiger partial charge in [-0.1, -0.05) is 19.4 Å². The maximum Gasteiger partial charge on any atom is 0.173 e. The van der Waals surface area contributed by atoms with Crippen LogP contribution in [0.2, 0.25) is 0 Å². The van der Waals surface area contributed by atoms with Crippen LogP contribution in [-0.4, -0.2) is 25.2 Å². The van der Waals surface area contributed by atoms with Crippen LogP contribution < -0.4 is 10.5 Å². The molecule has 0 unspecified atom stereocenters. The molecular formula is C17H25NO2S. The van der Waals surface area contributed by atoms with Gasteiger partial charge in [-0.25, -0.2) is 0 Å². The first kappa shape index (κ1) is 17.8. The van der Waals surface area contributed by atoms with Gasteiger partial charge in [-0.2, -0.15) is 0 Å². The highest BCUT2D eigenvalue weighted by Crippen LogP contribution is 2.22. The van der Waals surface area contributed by atoms with E-state index >= 15 is 0 Å². The Hall–Kier alpha value is -1.26. The van der Waals surface area contributed by atoms with Crippen molar-refractivity contribution in [1.29, 1.82) is 0 Å². The van der Waals surface area contributed by atoms with E-state index in [0.717, 1.165) is 42.0 Å². The second-order valence-electron chi connectivity index (χ2n) is 4.93. The molecule has 116 valence electrons. The van der Waals surface area contributed by atoms with Crippen LogP contribution in [0.4, 0.5) is 0 Å². The normalized spacial score (nSPS) is 10.4. The number of hydrogen-bond acceptors (Lipinski definition) is 4. The van der Waals surface area contributed by atoms with Crippen molar-refractivity contribution in [2.45, 2.75) is 32.1 Å². The van der Waals surface area contributed by atoms with E-state index < -0.39 is 0 Å². The van der Waals surface area contributed by atoms with E-state index in [9.17, 15) is 4.79 Å². The van der Waals surface area contributed by atoms with Crippen LogP contribution in [0.5, 0.6) is 5.75 Å². The standard InChI is InChI=1S/C17H25NO2S/c1-14(7-5-3-4-6-12-18)21-13-17(19)15-8-10-16(20-2)11-9-15/h8-11H,1,3-7,12-13,18H2,2H3. The number of carbonyl (C=O) groups excluding carboxylic acids is 1. The van der Waals surface area contributed by atoms with Crippen LogP contribution in [0, 0.1) is 0 Å². The topological polar surface area (TPSA) is 52.3 Å². The third-order valence-electron chi connectivity index (χ3n) is 3.23. The van der Waals surface area contributed by atoms with E-state index in [0.29, 0.717) is 5.75 Å². The molecule has 4 heteroatoms. The molecule has 0 spiro atoms. The SMILES string of the molecule is C=C(CCCCCCN)SCC(=O)c1ccc(OC)cc1. The van der Waals surface area contributed by atoms with Gasteiger partial charge in [0.05, 0.1) is 12.9 Å². The number of allylic oxidation sites excluding steroid dienone is 1. The summed E-state index contributed by atoms with van der Waals surface area (Å²) in [5.74, 6) is 1.35. The Kier molecular flexibility index (Phi) is 8.87. The highest BCUT2D eigenvalue weighted by molar-refractivity contribution is 8.03. The van der Waals surface area contributed by atoms with Crippen LogP contribution in [0.15, 0.2) is 35.7 Å². The molecule has 0 aromatic heterocycles.